The number of hydrogen-bond acceptors (Lipinski definition) is 5. The van der Waals surface area contributed by atoms with Gasteiger partial charge in [0.1, 0.15) is 12.4 Å². The maximum atomic E-state index is 11.1. The molecule has 138 valence electrons. The van der Waals surface area contributed by atoms with Crippen LogP contribution in [0.2, 0.25) is 5.02 Å². The maximum Gasteiger partial charge on any atom is 0.338 e. The molecule has 0 fully saturated rings. The van der Waals surface area contributed by atoms with Gasteiger partial charge in [-0.2, -0.15) is 0 Å². The van der Waals surface area contributed by atoms with Crippen LogP contribution in [-0.2, 0) is 6.61 Å². The summed E-state index contributed by atoms with van der Waals surface area (Å²) in [5, 5.41) is 15.5. The van der Waals surface area contributed by atoms with Crippen LogP contribution in [0.4, 0.5) is 5.69 Å². The van der Waals surface area contributed by atoms with E-state index in [0.29, 0.717) is 17.4 Å². The summed E-state index contributed by atoms with van der Waals surface area (Å²) in [4.78, 5) is 10.6. The summed E-state index contributed by atoms with van der Waals surface area (Å²) < 4.78 is 11.8. The number of aryl methyl sites for hydroxylation is 1. The van der Waals surface area contributed by atoms with Crippen molar-refractivity contribution in [2.45, 2.75) is 13.5 Å². The van der Waals surface area contributed by atoms with Crippen molar-refractivity contribution >= 4 is 45.4 Å². The largest absolute Gasteiger partial charge is 0.488 e. The Balaban J connectivity index is 1.84. The summed E-state index contributed by atoms with van der Waals surface area (Å²) in [6.07, 6.45) is 3.20. The second-order valence-electron chi connectivity index (χ2n) is 5.67. The van der Waals surface area contributed by atoms with Gasteiger partial charge in [0.15, 0.2) is 5.69 Å². The predicted octanol–water partition coefficient (Wildman–Crippen LogP) is 6.06. The van der Waals surface area contributed by atoms with Crippen molar-refractivity contribution in [3.63, 3.8) is 0 Å². The number of ether oxygens (including phenoxy) is 1. The number of aromatic nitrogens is 1. The molecule has 0 aliphatic heterocycles. The molecule has 0 aliphatic carbocycles. The van der Waals surface area contributed by atoms with E-state index in [1.54, 1.807) is 18.2 Å². The van der Waals surface area contributed by atoms with Crippen LogP contribution in [0, 0.1) is 17.0 Å². The Bertz CT molecular complexity index is 999. The topological polar surface area (TPSA) is 78.4 Å². The molecule has 0 spiro atoms. The first-order valence-corrected chi connectivity index (χ1v) is 9.06. The molecule has 3 rings (SSSR count). The lowest BCUT2D eigenvalue weighted by atomic mass is 10.1. The molecule has 0 aliphatic rings. The molecule has 1 aromatic heterocycles. The van der Waals surface area contributed by atoms with Gasteiger partial charge in [0.2, 0.25) is 5.76 Å². The summed E-state index contributed by atoms with van der Waals surface area (Å²) in [6, 6.07) is 12.9. The smallest absolute Gasteiger partial charge is 0.338 e. The first-order valence-electron chi connectivity index (χ1n) is 7.89. The Morgan fingerprint density at radius 1 is 1.26 bits per heavy atom. The van der Waals surface area contributed by atoms with E-state index >= 15 is 0 Å². The Morgan fingerprint density at radius 2 is 2.00 bits per heavy atom. The molecule has 0 amide bonds. The molecule has 0 bridgehead atoms. The molecule has 0 radical (unpaired) electrons. The fourth-order valence-corrected chi connectivity index (χ4v) is 2.91. The second kappa shape index (κ2) is 8.37. The highest BCUT2D eigenvalue weighted by atomic mass is 79.9. The Kier molecular flexibility index (Phi) is 5.93. The average molecular weight is 450 g/mol. The summed E-state index contributed by atoms with van der Waals surface area (Å²) in [5.74, 6) is 0.712. The van der Waals surface area contributed by atoms with Crippen molar-refractivity contribution in [2.24, 2.45) is 0 Å². The normalized spacial score (nSPS) is 11.1. The number of rotatable bonds is 6. The second-order valence-corrected chi connectivity index (χ2v) is 7.02. The molecular weight excluding hydrogens is 436 g/mol. The first-order chi connectivity index (χ1) is 12.9. The van der Waals surface area contributed by atoms with Crippen LogP contribution in [0.5, 0.6) is 5.75 Å². The molecule has 2 aromatic carbocycles. The van der Waals surface area contributed by atoms with Crippen LogP contribution in [0.1, 0.15) is 22.6 Å². The monoisotopic (exact) mass is 448 g/mol. The zero-order chi connectivity index (χ0) is 19.4. The van der Waals surface area contributed by atoms with E-state index in [9.17, 15) is 10.1 Å². The Labute approximate surface area is 168 Å². The first kappa shape index (κ1) is 19.1. The van der Waals surface area contributed by atoms with Gasteiger partial charge in [0.25, 0.3) is 0 Å². The third kappa shape index (κ3) is 4.75. The van der Waals surface area contributed by atoms with E-state index in [1.807, 2.05) is 30.3 Å². The van der Waals surface area contributed by atoms with Crippen LogP contribution in [-0.4, -0.2) is 10.1 Å². The zero-order valence-electron chi connectivity index (χ0n) is 14.2. The minimum absolute atomic E-state index is 0.0844. The van der Waals surface area contributed by atoms with Crippen LogP contribution in [0.3, 0.4) is 0 Å². The highest BCUT2D eigenvalue weighted by Crippen LogP contribution is 2.29. The van der Waals surface area contributed by atoms with Gasteiger partial charge in [0, 0.05) is 15.1 Å². The Hall–Kier alpha value is -2.64. The Morgan fingerprint density at radius 3 is 2.70 bits per heavy atom. The van der Waals surface area contributed by atoms with Gasteiger partial charge in [-0.1, -0.05) is 44.8 Å². The molecule has 27 heavy (non-hydrogen) atoms. The lowest BCUT2D eigenvalue weighted by Gasteiger charge is -2.10. The number of benzene rings is 2. The SMILES string of the molecule is Cc1noc(/C=C\c2cc(Br)ccc2OCc2ccc(Cl)cc2)c1[N+](=O)[O-]. The standard InChI is InChI=1S/C19H14BrClN2O4/c1-12-19(23(24)25)18(27-22-12)8-4-14-10-15(20)5-9-17(14)26-11-13-2-6-16(21)7-3-13/h2-10H,11H2,1H3/b8-4-. The van der Waals surface area contributed by atoms with Crippen molar-refractivity contribution < 1.29 is 14.2 Å². The van der Waals surface area contributed by atoms with Crippen LogP contribution in [0.15, 0.2) is 51.5 Å². The van der Waals surface area contributed by atoms with Crippen LogP contribution in [0.25, 0.3) is 12.2 Å². The lowest BCUT2D eigenvalue weighted by Crippen LogP contribution is -1.97. The van der Waals surface area contributed by atoms with E-state index < -0.39 is 4.92 Å². The highest BCUT2D eigenvalue weighted by Gasteiger charge is 2.22. The zero-order valence-corrected chi connectivity index (χ0v) is 16.5. The van der Waals surface area contributed by atoms with Crippen molar-refractivity contribution in [1.29, 1.82) is 0 Å². The van der Waals surface area contributed by atoms with Crippen molar-refractivity contribution in [1.82, 2.24) is 5.16 Å². The van der Waals surface area contributed by atoms with Crippen molar-refractivity contribution in [3.05, 3.63) is 84.7 Å². The predicted molar refractivity (Wildman–Crippen MR) is 107 cm³/mol. The molecule has 0 saturated carbocycles. The van der Waals surface area contributed by atoms with Gasteiger partial charge >= 0.3 is 5.69 Å². The molecule has 0 unspecified atom stereocenters. The molecule has 3 aromatic rings. The van der Waals surface area contributed by atoms with Gasteiger partial charge in [-0.3, -0.25) is 10.1 Å². The van der Waals surface area contributed by atoms with E-state index in [0.717, 1.165) is 15.6 Å². The van der Waals surface area contributed by atoms with Crippen molar-refractivity contribution in [3.8, 4) is 5.75 Å². The third-order valence-corrected chi connectivity index (χ3v) is 4.48. The molecular formula is C19H14BrClN2O4. The average Bonchev–Trinajstić information content (AvgIpc) is 3.01. The summed E-state index contributed by atoms with van der Waals surface area (Å²) in [6.45, 7) is 1.89. The van der Waals surface area contributed by atoms with E-state index in [-0.39, 0.29) is 17.1 Å². The lowest BCUT2D eigenvalue weighted by molar-refractivity contribution is -0.386. The highest BCUT2D eigenvalue weighted by molar-refractivity contribution is 9.10. The summed E-state index contributed by atoms with van der Waals surface area (Å²) in [5.41, 5.74) is 1.79. The van der Waals surface area contributed by atoms with Gasteiger partial charge in [-0.05, 0) is 55.0 Å². The van der Waals surface area contributed by atoms with Gasteiger partial charge in [0.05, 0.1) is 4.92 Å². The summed E-state index contributed by atoms with van der Waals surface area (Å²) >= 11 is 9.31. The molecule has 0 atom stereocenters. The minimum atomic E-state index is -0.510. The van der Waals surface area contributed by atoms with Crippen LogP contribution < -0.4 is 4.74 Å². The quantitative estimate of drug-likeness (QED) is 0.338. The number of nitrogens with zero attached hydrogens (tertiary/aromatic N) is 2. The maximum absolute atomic E-state index is 11.1. The minimum Gasteiger partial charge on any atom is -0.488 e. The van der Waals surface area contributed by atoms with Gasteiger partial charge in [-0.25, -0.2) is 0 Å². The van der Waals surface area contributed by atoms with Crippen LogP contribution >= 0.6 is 27.5 Å². The van der Waals surface area contributed by atoms with Crippen molar-refractivity contribution in [2.75, 3.05) is 0 Å². The number of hydrogen-bond donors (Lipinski definition) is 0. The number of halogens is 2. The fraction of sp³-hybridized carbons (Fsp3) is 0.105. The third-order valence-electron chi connectivity index (χ3n) is 3.73. The molecule has 6 nitrogen and oxygen atoms in total. The van der Waals surface area contributed by atoms with E-state index in [2.05, 4.69) is 21.1 Å². The van der Waals surface area contributed by atoms with Gasteiger partial charge in [-0.15, -0.1) is 0 Å². The molecule has 0 saturated heterocycles. The summed E-state index contributed by atoms with van der Waals surface area (Å²) in [7, 11) is 0. The van der Waals surface area contributed by atoms with E-state index in [1.165, 1.54) is 13.0 Å². The molecule has 8 heteroatoms. The fourth-order valence-electron chi connectivity index (χ4n) is 2.40. The van der Waals surface area contributed by atoms with E-state index in [4.69, 9.17) is 20.9 Å². The molecule has 0 N–H and O–H groups in total. The number of nitro groups is 1. The molecule has 1 heterocycles. The van der Waals surface area contributed by atoms with Gasteiger partial charge < -0.3 is 9.26 Å².